The molecule has 3 rings (SSSR count). The molecule has 0 aliphatic carbocycles. The van der Waals surface area contributed by atoms with E-state index in [4.69, 9.17) is 5.14 Å². The maximum Gasteiger partial charge on any atom is 0.267 e. The van der Waals surface area contributed by atoms with Crippen molar-refractivity contribution in [1.29, 1.82) is 0 Å². The minimum absolute atomic E-state index is 0.148. The average Bonchev–Trinajstić information content (AvgIpc) is 2.76. The van der Waals surface area contributed by atoms with Gasteiger partial charge in [-0.15, -0.1) is 0 Å². The van der Waals surface area contributed by atoms with Crippen molar-refractivity contribution in [1.82, 2.24) is 0 Å². The highest BCUT2D eigenvalue weighted by molar-refractivity contribution is 7.92. The van der Waals surface area contributed by atoms with Gasteiger partial charge in [-0.3, -0.25) is 4.72 Å². The van der Waals surface area contributed by atoms with E-state index in [0.29, 0.717) is 6.07 Å². The van der Waals surface area contributed by atoms with Crippen molar-refractivity contribution in [2.45, 2.75) is 9.79 Å². The van der Waals surface area contributed by atoms with E-state index in [1.807, 2.05) is 0 Å². The molecule has 0 bridgehead atoms. The predicted molar refractivity (Wildman–Crippen MR) is 108 cm³/mol. The molecule has 15 heteroatoms. The highest BCUT2D eigenvalue weighted by atomic mass is 32.2. The Morgan fingerprint density at radius 1 is 0.765 bits per heavy atom. The van der Waals surface area contributed by atoms with Crippen LogP contribution in [0.2, 0.25) is 0 Å². The molecule has 0 aliphatic rings. The normalized spacial score (nSPS) is 11.4. The van der Waals surface area contributed by atoms with Crippen LogP contribution >= 0.6 is 0 Å². The summed E-state index contributed by atoms with van der Waals surface area (Å²) in [6, 6.07) is 10.4. The zero-order valence-corrected chi connectivity index (χ0v) is 18.5. The van der Waals surface area contributed by atoms with Gasteiger partial charge in [0.25, 0.3) is 10.0 Å². The highest BCUT2D eigenvalue weighted by Gasteiger charge is 2.33. The molecule has 0 atom stereocenters. The molecule has 0 fully saturated rings. The van der Waals surface area contributed by atoms with E-state index in [1.54, 1.807) is 18.2 Å². The van der Waals surface area contributed by atoms with Gasteiger partial charge in [0.1, 0.15) is 0 Å². The lowest BCUT2D eigenvalue weighted by Crippen LogP contribution is -2.19. The Kier molecular flexibility index (Phi) is 8.18. The molecule has 0 amide bonds. The first-order valence-corrected chi connectivity index (χ1v) is 11.7. The lowest BCUT2D eigenvalue weighted by atomic mass is 10.3. The molecular formula is C19H14F6N2O5S2. The second-order valence-electron chi connectivity index (χ2n) is 6.21. The molecule has 3 aromatic rings. The monoisotopic (exact) mass is 528 g/mol. The van der Waals surface area contributed by atoms with Gasteiger partial charge in [0.15, 0.2) is 39.7 Å². The molecule has 0 unspecified atom stereocenters. The van der Waals surface area contributed by atoms with Crippen molar-refractivity contribution in [3.63, 3.8) is 0 Å². The van der Waals surface area contributed by atoms with E-state index < -0.39 is 65.5 Å². The number of hydrogen-bond donors (Lipinski definition) is 2. The van der Waals surface area contributed by atoms with Crippen molar-refractivity contribution in [2.75, 3.05) is 11.8 Å². The number of primary sulfonamides is 1. The third kappa shape index (κ3) is 5.98. The molecule has 0 saturated carbocycles. The molecule has 0 aromatic heterocycles. The van der Waals surface area contributed by atoms with E-state index in [0.717, 1.165) is 19.2 Å². The van der Waals surface area contributed by atoms with Gasteiger partial charge in [0.05, 0.1) is 17.7 Å². The SMILES string of the molecule is COc1ccc(NS(=O)(=O)c2c(F)c(F)c(F)c(F)c2F)cc1F.NS(=O)(=O)c1ccccc1. The summed E-state index contributed by atoms with van der Waals surface area (Å²) in [5, 5.41) is 4.83. The number of benzene rings is 3. The van der Waals surface area contributed by atoms with Crippen molar-refractivity contribution in [3.05, 3.63) is 83.4 Å². The van der Waals surface area contributed by atoms with E-state index in [1.165, 1.54) is 16.9 Å². The molecular weight excluding hydrogens is 514 g/mol. The topological polar surface area (TPSA) is 116 Å². The molecule has 0 heterocycles. The lowest BCUT2D eigenvalue weighted by molar-refractivity contribution is 0.358. The first kappa shape index (κ1) is 26.9. The molecule has 0 radical (unpaired) electrons. The van der Waals surface area contributed by atoms with Crippen LogP contribution in [0.25, 0.3) is 0 Å². The van der Waals surface area contributed by atoms with Gasteiger partial charge in [-0.05, 0) is 24.3 Å². The smallest absolute Gasteiger partial charge is 0.267 e. The molecule has 3 aromatic carbocycles. The molecule has 0 saturated heterocycles. The van der Waals surface area contributed by atoms with E-state index in [2.05, 4.69) is 4.74 Å². The van der Waals surface area contributed by atoms with Gasteiger partial charge >= 0.3 is 0 Å². The number of methoxy groups -OCH3 is 1. The maximum absolute atomic E-state index is 13.6. The molecule has 3 N–H and O–H groups in total. The van der Waals surface area contributed by atoms with Crippen LogP contribution in [0.4, 0.5) is 32.0 Å². The van der Waals surface area contributed by atoms with Gasteiger partial charge in [-0.1, -0.05) is 18.2 Å². The van der Waals surface area contributed by atoms with E-state index in [-0.39, 0.29) is 10.6 Å². The predicted octanol–water partition coefficient (Wildman–Crippen LogP) is 3.66. The Morgan fingerprint density at radius 2 is 1.26 bits per heavy atom. The number of anilines is 1. The van der Waals surface area contributed by atoms with Crippen molar-refractivity contribution >= 4 is 25.7 Å². The number of ether oxygens (including phenoxy) is 1. The van der Waals surface area contributed by atoms with Crippen molar-refractivity contribution < 1.29 is 47.9 Å². The maximum atomic E-state index is 13.6. The van der Waals surface area contributed by atoms with Crippen LogP contribution in [-0.4, -0.2) is 23.9 Å². The molecule has 34 heavy (non-hydrogen) atoms. The number of nitrogens with one attached hydrogen (secondary N) is 1. The van der Waals surface area contributed by atoms with Crippen LogP contribution < -0.4 is 14.6 Å². The minimum atomic E-state index is -5.23. The number of nitrogens with two attached hydrogens (primary N) is 1. The van der Waals surface area contributed by atoms with Gasteiger partial charge in [-0.25, -0.2) is 48.3 Å². The van der Waals surface area contributed by atoms with Crippen LogP contribution in [0, 0.1) is 34.9 Å². The number of sulfonamides is 2. The fraction of sp³-hybridized carbons (Fsp3) is 0.0526. The lowest BCUT2D eigenvalue weighted by Gasteiger charge is -2.12. The van der Waals surface area contributed by atoms with Crippen molar-refractivity contribution in [2.24, 2.45) is 5.14 Å². The van der Waals surface area contributed by atoms with Gasteiger partial charge in [0, 0.05) is 6.07 Å². The van der Waals surface area contributed by atoms with Crippen LogP contribution in [0.5, 0.6) is 5.75 Å². The molecule has 0 spiro atoms. The zero-order valence-electron chi connectivity index (χ0n) is 16.8. The Bertz CT molecular complexity index is 1390. The van der Waals surface area contributed by atoms with Gasteiger partial charge in [-0.2, -0.15) is 0 Å². The highest BCUT2D eigenvalue weighted by Crippen LogP contribution is 2.29. The summed E-state index contributed by atoms with van der Waals surface area (Å²) < 4.78 is 131. The zero-order chi connectivity index (χ0) is 25.8. The van der Waals surface area contributed by atoms with Crippen LogP contribution in [0.1, 0.15) is 0 Å². The average molecular weight is 528 g/mol. The number of rotatable bonds is 5. The number of halogens is 6. The second-order valence-corrected chi connectivity index (χ2v) is 9.39. The Morgan fingerprint density at radius 3 is 1.68 bits per heavy atom. The van der Waals surface area contributed by atoms with Crippen LogP contribution in [0.15, 0.2) is 58.3 Å². The van der Waals surface area contributed by atoms with E-state index in [9.17, 15) is 43.2 Å². The summed E-state index contributed by atoms with van der Waals surface area (Å²) in [7, 11) is -7.59. The first-order chi connectivity index (χ1) is 15.7. The Hall–Kier alpha value is -3.30. The summed E-state index contributed by atoms with van der Waals surface area (Å²) in [5.41, 5.74) is -0.516. The first-order valence-electron chi connectivity index (χ1n) is 8.66. The summed E-state index contributed by atoms with van der Waals surface area (Å²) in [4.78, 5) is -1.93. The molecule has 0 aliphatic heterocycles. The van der Waals surface area contributed by atoms with Crippen LogP contribution in [-0.2, 0) is 20.0 Å². The quantitative estimate of drug-likeness (QED) is 0.298. The van der Waals surface area contributed by atoms with E-state index >= 15 is 0 Å². The largest absolute Gasteiger partial charge is 0.494 e. The standard InChI is InChI=1S/C13H7F6NO3S.C6H7NO2S/c1-23-7-3-2-5(4-6(7)14)20-24(21,22)13-11(18)9(16)8(15)10(17)12(13)19;7-10(8,9)6-4-2-1-3-5-6/h2-4,20H,1H3;1-5H,(H2,7,8,9). The van der Waals surface area contributed by atoms with Gasteiger partial charge in [0.2, 0.25) is 15.8 Å². The van der Waals surface area contributed by atoms with Crippen LogP contribution in [0.3, 0.4) is 0 Å². The fourth-order valence-electron chi connectivity index (χ4n) is 2.37. The summed E-state index contributed by atoms with van der Waals surface area (Å²) in [5.74, 6) is -13.7. The van der Waals surface area contributed by atoms with Crippen molar-refractivity contribution in [3.8, 4) is 5.75 Å². The molecule has 184 valence electrons. The van der Waals surface area contributed by atoms with Gasteiger partial charge < -0.3 is 4.74 Å². The third-order valence-electron chi connectivity index (χ3n) is 3.91. The Balaban J connectivity index is 0.000000340. The number of hydrogen-bond acceptors (Lipinski definition) is 5. The summed E-state index contributed by atoms with van der Waals surface area (Å²) >= 11 is 0. The Labute approximate surface area is 189 Å². The third-order valence-corrected chi connectivity index (χ3v) is 6.24. The molecule has 7 nitrogen and oxygen atoms in total. The summed E-state index contributed by atoms with van der Waals surface area (Å²) in [6.45, 7) is 0. The second kappa shape index (κ2) is 10.3. The summed E-state index contributed by atoms with van der Waals surface area (Å²) in [6.07, 6.45) is 0. The minimum Gasteiger partial charge on any atom is -0.494 e. The fourth-order valence-corrected chi connectivity index (χ4v) is 4.09.